The lowest BCUT2D eigenvalue weighted by Gasteiger charge is -2.26. The van der Waals surface area contributed by atoms with Crippen molar-refractivity contribution in [2.24, 2.45) is 5.92 Å². The van der Waals surface area contributed by atoms with E-state index >= 15 is 0 Å². The summed E-state index contributed by atoms with van der Waals surface area (Å²) in [6, 6.07) is 6.57. The molecule has 114 valence electrons. The molecule has 0 saturated heterocycles. The highest BCUT2D eigenvalue weighted by Crippen LogP contribution is 2.23. The van der Waals surface area contributed by atoms with Gasteiger partial charge >= 0.3 is 0 Å². The monoisotopic (exact) mass is 305 g/mol. The van der Waals surface area contributed by atoms with E-state index in [0.717, 1.165) is 37.8 Å². The summed E-state index contributed by atoms with van der Waals surface area (Å²) < 4.78 is 2.03. The van der Waals surface area contributed by atoms with Crippen LogP contribution in [-0.4, -0.2) is 26.3 Å². The molecule has 1 N–H and O–H groups in total. The van der Waals surface area contributed by atoms with Gasteiger partial charge < -0.3 is 5.11 Å². The third kappa shape index (κ3) is 3.54. The van der Waals surface area contributed by atoms with Gasteiger partial charge in [-0.15, -0.1) is 11.3 Å². The SMILES string of the molecule is CC(C)Cc1ccc(CN2CCn3nc(CO)cc3C2)s1. The van der Waals surface area contributed by atoms with Gasteiger partial charge in [-0.2, -0.15) is 5.10 Å². The first-order valence-corrected chi connectivity index (χ1v) is 8.42. The van der Waals surface area contributed by atoms with Gasteiger partial charge in [-0.05, 0) is 30.5 Å². The van der Waals surface area contributed by atoms with Crippen molar-refractivity contribution in [3.63, 3.8) is 0 Å². The number of hydrogen-bond acceptors (Lipinski definition) is 4. The first-order valence-electron chi connectivity index (χ1n) is 7.60. The van der Waals surface area contributed by atoms with Crippen LogP contribution in [0.4, 0.5) is 0 Å². The van der Waals surface area contributed by atoms with Gasteiger partial charge in [0, 0.05) is 29.4 Å². The van der Waals surface area contributed by atoms with Gasteiger partial charge in [-0.25, -0.2) is 0 Å². The highest BCUT2D eigenvalue weighted by Gasteiger charge is 2.18. The summed E-state index contributed by atoms with van der Waals surface area (Å²) in [6.45, 7) is 8.45. The molecule has 0 fully saturated rings. The Hall–Kier alpha value is -1.17. The van der Waals surface area contributed by atoms with Gasteiger partial charge in [0.1, 0.15) is 0 Å². The van der Waals surface area contributed by atoms with Gasteiger partial charge in [0.05, 0.1) is 24.5 Å². The van der Waals surface area contributed by atoms with Crippen LogP contribution in [0.1, 0.15) is 35.0 Å². The summed E-state index contributed by atoms with van der Waals surface area (Å²) in [5.41, 5.74) is 1.99. The fourth-order valence-electron chi connectivity index (χ4n) is 2.83. The number of aromatic nitrogens is 2. The number of aliphatic hydroxyl groups excluding tert-OH is 1. The van der Waals surface area contributed by atoms with E-state index in [0.29, 0.717) is 0 Å². The topological polar surface area (TPSA) is 41.3 Å². The molecule has 0 unspecified atom stereocenters. The molecule has 1 aliphatic rings. The maximum absolute atomic E-state index is 9.17. The molecular weight excluding hydrogens is 282 g/mol. The second-order valence-corrected chi connectivity index (χ2v) is 7.44. The molecule has 4 nitrogen and oxygen atoms in total. The molecule has 0 aliphatic carbocycles. The maximum Gasteiger partial charge on any atom is 0.0882 e. The molecule has 0 atom stereocenters. The highest BCUT2D eigenvalue weighted by atomic mass is 32.1. The molecular formula is C16H23N3OS. The summed E-state index contributed by atoms with van der Waals surface area (Å²) in [5.74, 6) is 0.720. The minimum absolute atomic E-state index is 0.0312. The van der Waals surface area contributed by atoms with Crippen LogP contribution in [0.25, 0.3) is 0 Å². The Balaban J connectivity index is 1.62. The van der Waals surface area contributed by atoms with Crippen LogP contribution in [0.3, 0.4) is 0 Å². The van der Waals surface area contributed by atoms with Gasteiger partial charge in [0.25, 0.3) is 0 Å². The third-order valence-electron chi connectivity index (χ3n) is 3.80. The van der Waals surface area contributed by atoms with E-state index in [1.165, 1.54) is 21.9 Å². The Morgan fingerprint density at radius 1 is 1.29 bits per heavy atom. The van der Waals surface area contributed by atoms with E-state index in [-0.39, 0.29) is 6.61 Å². The Bertz CT molecular complexity index is 602. The van der Waals surface area contributed by atoms with Gasteiger partial charge in [0.15, 0.2) is 0 Å². The normalized spacial score (nSPS) is 15.6. The van der Waals surface area contributed by atoms with Crippen LogP contribution < -0.4 is 0 Å². The van der Waals surface area contributed by atoms with E-state index in [4.69, 9.17) is 0 Å². The van der Waals surface area contributed by atoms with Crippen LogP contribution in [0.2, 0.25) is 0 Å². The lowest BCUT2D eigenvalue weighted by molar-refractivity contribution is 0.206. The van der Waals surface area contributed by atoms with E-state index < -0.39 is 0 Å². The molecule has 0 bridgehead atoms. The van der Waals surface area contributed by atoms with Crippen molar-refractivity contribution in [2.45, 2.75) is 46.5 Å². The average molecular weight is 305 g/mol. The predicted molar refractivity (Wildman–Crippen MR) is 85.1 cm³/mol. The van der Waals surface area contributed by atoms with Crippen LogP contribution in [0.15, 0.2) is 18.2 Å². The zero-order valence-corrected chi connectivity index (χ0v) is 13.6. The molecule has 0 radical (unpaired) electrons. The lowest BCUT2D eigenvalue weighted by atomic mass is 10.1. The van der Waals surface area contributed by atoms with E-state index in [2.05, 4.69) is 36.0 Å². The van der Waals surface area contributed by atoms with Crippen molar-refractivity contribution < 1.29 is 5.11 Å². The third-order valence-corrected chi connectivity index (χ3v) is 4.89. The minimum atomic E-state index is 0.0312. The van der Waals surface area contributed by atoms with Crippen molar-refractivity contribution in [1.29, 1.82) is 0 Å². The smallest absolute Gasteiger partial charge is 0.0882 e. The van der Waals surface area contributed by atoms with Crippen molar-refractivity contribution in [2.75, 3.05) is 6.54 Å². The van der Waals surface area contributed by atoms with Crippen molar-refractivity contribution in [3.05, 3.63) is 39.3 Å². The molecule has 2 aromatic heterocycles. The van der Waals surface area contributed by atoms with Crippen LogP contribution in [0.5, 0.6) is 0 Å². The first kappa shape index (κ1) is 14.8. The van der Waals surface area contributed by atoms with Crippen molar-refractivity contribution in [3.8, 4) is 0 Å². The molecule has 0 amide bonds. The zero-order valence-electron chi connectivity index (χ0n) is 12.7. The number of aliphatic hydroxyl groups is 1. The maximum atomic E-state index is 9.17. The Morgan fingerprint density at radius 3 is 2.86 bits per heavy atom. The minimum Gasteiger partial charge on any atom is -0.390 e. The summed E-state index contributed by atoms with van der Waals surface area (Å²) in [6.07, 6.45) is 1.18. The highest BCUT2D eigenvalue weighted by molar-refractivity contribution is 7.11. The van der Waals surface area contributed by atoms with Crippen molar-refractivity contribution >= 4 is 11.3 Å². The van der Waals surface area contributed by atoms with Gasteiger partial charge in [0.2, 0.25) is 0 Å². The second-order valence-electron chi connectivity index (χ2n) is 6.18. The molecule has 2 aromatic rings. The molecule has 21 heavy (non-hydrogen) atoms. The molecule has 0 saturated carbocycles. The molecule has 3 heterocycles. The van der Waals surface area contributed by atoms with Crippen LogP contribution in [-0.2, 0) is 32.7 Å². The number of fused-ring (bicyclic) bond motifs is 1. The lowest BCUT2D eigenvalue weighted by Crippen LogP contribution is -2.33. The predicted octanol–water partition coefficient (Wildman–Crippen LogP) is 2.65. The molecule has 5 heteroatoms. The summed E-state index contributed by atoms with van der Waals surface area (Å²) in [5, 5.41) is 13.6. The van der Waals surface area contributed by atoms with Crippen molar-refractivity contribution in [1.82, 2.24) is 14.7 Å². The first-order chi connectivity index (χ1) is 10.1. The molecule has 1 aliphatic heterocycles. The number of rotatable bonds is 5. The Morgan fingerprint density at radius 2 is 2.10 bits per heavy atom. The number of hydrogen-bond donors (Lipinski definition) is 1. The summed E-state index contributed by atoms with van der Waals surface area (Å²) in [4.78, 5) is 5.40. The summed E-state index contributed by atoms with van der Waals surface area (Å²) >= 11 is 1.94. The number of thiophene rings is 1. The standard InChI is InChI=1S/C16H23N3OS/c1-12(2)7-15-3-4-16(21-15)10-18-5-6-19-14(9-18)8-13(11-20)17-19/h3-4,8,12,20H,5-7,9-11H2,1-2H3. The van der Waals surface area contributed by atoms with Gasteiger partial charge in [-0.3, -0.25) is 9.58 Å². The fourth-order valence-corrected chi connectivity index (χ4v) is 4.10. The van der Waals surface area contributed by atoms with Crippen LogP contribution >= 0.6 is 11.3 Å². The molecule has 3 rings (SSSR count). The van der Waals surface area contributed by atoms with E-state index in [1.54, 1.807) is 0 Å². The fraction of sp³-hybridized carbons (Fsp3) is 0.562. The summed E-state index contributed by atoms with van der Waals surface area (Å²) in [7, 11) is 0. The molecule has 0 aromatic carbocycles. The average Bonchev–Trinajstić information content (AvgIpc) is 3.04. The second kappa shape index (κ2) is 6.30. The van der Waals surface area contributed by atoms with Crippen LogP contribution in [0, 0.1) is 5.92 Å². The van der Waals surface area contributed by atoms with E-state index in [1.807, 2.05) is 22.1 Å². The Kier molecular flexibility index (Phi) is 4.42. The number of nitrogens with zero attached hydrogens (tertiary/aromatic N) is 3. The largest absolute Gasteiger partial charge is 0.390 e. The Labute approximate surface area is 130 Å². The van der Waals surface area contributed by atoms with E-state index in [9.17, 15) is 5.11 Å². The zero-order chi connectivity index (χ0) is 14.8. The van der Waals surface area contributed by atoms with Gasteiger partial charge in [-0.1, -0.05) is 13.8 Å². The molecule has 0 spiro atoms. The quantitative estimate of drug-likeness (QED) is 0.923.